The first kappa shape index (κ1) is 7.56. The molecule has 1 aromatic rings. The van der Waals surface area contributed by atoms with Crippen molar-refractivity contribution in [3.8, 4) is 6.19 Å². The second-order valence-electron chi connectivity index (χ2n) is 2.61. The van der Waals surface area contributed by atoms with Crippen LogP contribution in [0, 0.1) is 11.5 Å². The molecule has 0 aliphatic carbocycles. The largest absolute Gasteiger partial charge is 0.206 e. The van der Waals surface area contributed by atoms with Crippen molar-refractivity contribution in [2.75, 3.05) is 0 Å². The molecule has 0 amide bonds. The van der Waals surface area contributed by atoms with Crippen LogP contribution < -0.4 is 10.6 Å². The molecule has 0 N–H and O–H groups in total. The zero-order valence-electron chi connectivity index (χ0n) is 6.88. The van der Waals surface area contributed by atoms with Crippen LogP contribution in [0.25, 0.3) is 6.08 Å². The second kappa shape index (κ2) is 3.11. The maximum atomic E-state index is 8.66. The molecule has 3 nitrogen and oxygen atoms in total. The maximum Gasteiger partial charge on any atom is 0.206 e. The lowest BCUT2D eigenvalue weighted by Gasteiger charge is -1.97. The molecule has 1 aliphatic rings. The quantitative estimate of drug-likeness (QED) is 0.524. The van der Waals surface area contributed by atoms with Crippen LogP contribution in [0.2, 0.25) is 0 Å². The molecule has 1 aromatic carbocycles. The van der Waals surface area contributed by atoms with Crippen molar-refractivity contribution in [3.05, 3.63) is 47.1 Å². The highest BCUT2D eigenvalue weighted by molar-refractivity contribution is 5.37. The number of hydrogen-bond acceptors (Lipinski definition) is 3. The average molecular weight is 169 g/mol. The molecule has 0 atom stereocenters. The first-order valence-corrected chi connectivity index (χ1v) is 3.91. The SMILES string of the molecule is N#CN1C=CC=c2ccccc2=N1. The van der Waals surface area contributed by atoms with E-state index >= 15 is 0 Å². The number of rotatable bonds is 0. The predicted molar refractivity (Wildman–Crippen MR) is 48.3 cm³/mol. The van der Waals surface area contributed by atoms with Crippen molar-refractivity contribution >= 4 is 6.08 Å². The van der Waals surface area contributed by atoms with E-state index in [1.165, 1.54) is 5.01 Å². The summed E-state index contributed by atoms with van der Waals surface area (Å²) in [6.07, 6.45) is 7.30. The molecule has 13 heavy (non-hydrogen) atoms. The Morgan fingerprint density at radius 2 is 2.15 bits per heavy atom. The zero-order valence-corrected chi connectivity index (χ0v) is 6.88. The van der Waals surface area contributed by atoms with Gasteiger partial charge in [0.15, 0.2) is 0 Å². The first-order valence-electron chi connectivity index (χ1n) is 3.91. The molecule has 3 heteroatoms. The zero-order chi connectivity index (χ0) is 9.10. The van der Waals surface area contributed by atoms with Crippen molar-refractivity contribution in [3.63, 3.8) is 0 Å². The normalized spacial score (nSPS) is 13.3. The second-order valence-corrected chi connectivity index (χ2v) is 2.61. The Balaban J connectivity index is 2.71. The molecular weight excluding hydrogens is 162 g/mol. The van der Waals surface area contributed by atoms with E-state index in [4.69, 9.17) is 5.26 Å². The van der Waals surface area contributed by atoms with Crippen LogP contribution in [-0.4, -0.2) is 5.01 Å². The van der Waals surface area contributed by atoms with Crippen LogP contribution in [0.3, 0.4) is 0 Å². The molecule has 0 saturated carbocycles. The third-order valence-corrected chi connectivity index (χ3v) is 1.76. The van der Waals surface area contributed by atoms with E-state index in [1.54, 1.807) is 12.3 Å². The molecule has 0 spiro atoms. The van der Waals surface area contributed by atoms with Gasteiger partial charge in [0, 0.05) is 11.4 Å². The molecule has 0 bridgehead atoms. The Morgan fingerprint density at radius 1 is 1.31 bits per heavy atom. The van der Waals surface area contributed by atoms with Gasteiger partial charge in [-0.25, -0.2) is 0 Å². The number of allylic oxidation sites excluding steroid dienone is 1. The van der Waals surface area contributed by atoms with Crippen LogP contribution in [0.4, 0.5) is 0 Å². The third kappa shape index (κ3) is 1.42. The van der Waals surface area contributed by atoms with Crippen molar-refractivity contribution in [1.29, 1.82) is 5.26 Å². The van der Waals surface area contributed by atoms with Crippen molar-refractivity contribution in [2.45, 2.75) is 0 Å². The highest BCUT2D eigenvalue weighted by atomic mass is 15.4. The van der Waals surface area contributed by atoms with E-state index in [9.17, 15) is 0 Å². The molecule has 1 heterocycles. The summed E-state index contributed by atoms with van der Waals surface area (Å²) in [5.41, 5.74) is 0. The van der Waals surface area contributed by atoms with E-state index in [0.29, 0.717) is 0 Å². The Labute approximate surface area is 75.5 Å². The van der Waals surface area contributed by atoms with Crippen LogP contribution in [0.15, 0.2) is 41.6 Å². The van der Waals surface area contributed by atoms with E-state index < -0.39 is 0 Å². The minimum Gasteiger partial charge on any atom is -0.174 e. The lowest BCUT2D eigenvalue weighted by molar-refractivity contribution is 0.545. The van der Waals surface area contributed by atoms with Gasteiger partial charge in [-0.3, -0.25) is 0 Å². The summed E-state index contributed by atoms with van der Waals surface area (Å²) in [7, 11) is 0. The average Bonchev–Trinajstić information content (AvgIpc) is 2.38. The molecule has 1 aliphatic heterocycles. The van der Waals surface area contributed by atoms with Gasteiger partial charge in [0.1, 0.15) is 0 Å². The van der Waals surface area contributed by atoms with Gasteiger partial charge in [0.2, 0.25) is 6.19 Å². The fraction of sp³-hybridized carbons (Fsp3) is 0. The summed E-state index contributed by atoms with van der Waals surface area (Å²) < 4.78 is 0. The summed E-state index contributed by atoms with van der Waals surface area (Å²) >= 11 is 0. The van der Waals surface area contributed by atoms with E-state index in [1.807, 2.05) is 36.5 Å². The predicted octanol–water partition coefficient (Wildman–Crippen LogP) is 0.312. The van der Waals surface area contributed by atoms with Gasteiger partial charge in [0.25, 0.3) is 0 Å². The molecule has 2 rings (SSSR count). The minimum atomic E-state index is 0.814. The fourth-order valence-electron chi connectivity index (χ4n) is 1.15. The highest BCUT2D eigenvalue weighted by Gasteiger charge is 1.94. The van der Waals surface area contributed by atoms with Crippen molar-refractivity contribution < 1.29 is 0 Å². The number of nitriles is 1. The molecule has 0 unspecified atom stereocenters. The summed E-state index contributed by atoms with van der Waals surface area (Å²) in [6.45, 7) is 0. The Bertz CT molecular complexity index is 494. The molecule has 62 valence electrons. The standard InChI is InChI=1S/C10H7N3/c11-8-13-7-3-5-9-4-1-2-6-10(9)12-13/h1-7H. The Kier molecular flexibility index (Phi) is 1.81. The van der Waals surface area contributed by atoms with E-state index in [-0.39, 0.29) is 0 Å². The fourth-order valence-corrected chi connectivity index (χ4v) is 1.15. The third-order valence-electron chi connectivity index (χ3n) is 1.76. The summed E-state index contributed by atoms with van der Waals surface area (Å²) in [6, 6.07) is 7.69. The molecule has 0 fully saturated rings. The van der Waals surface area contributed by atoms with Crippen molar-refractivity contribution in [1.82, 2.24) is 5.01 Å². The van der Waals surface area contributed by atoms with Gasteiger partial charge >= 0.3 is 0 Å². The molecule has 0 aromatic heterocycles. The van der Waals surface area contributed by atoms with Gasteiger partial charge in [-0.1, -0.05) is 24.3 Å². The lowest BCUT2D eigenvalue weighted by atomic mass is 10.3. The maximum absolute atomic E-state index is 8.66. The molecule has 0 radical (unpaired) electrons. The number of hydrogen-bond donors (Lipinski definition) is 0. The molecular formula is C10H7N3. The van der Waals surface area contributed by atoms with Crippen LogP contribution in [0.1, 0.15) is 0 Å². The van der Waals surface area contributed by atoms with E-state index in [0.717, 1.165) is 10.6 Å². The lowest BCUT2D eigenvalue weighted by Crippen LogP contribution is -2.25. The topological polar surface area (TPSA) is 39.4 Å². The van der Waals surface area contributed by atoms with Crippen LogP contribution >= 0.6 is 0 Å². The molecule has 0 saturated heterocycles. The van der Waals surface area contributed by atoms with Crippen LogP contribution in [0.5, 0.6) is 0 Å². The number of nitrogens with zero attached hydrogens (tertiary/aromatic N) is 3. The van der Waals surface area contributed by atoms with Gasteiger partial charge < -0.3 is 0 Å². The van der Waals surface area contributed by atoms with Gasteiger partial charge in [-0.15, -0.1) is 0 Å². The van der Waals surface area contributed by atoms with Gasteiger partial charge in [-0.05, 0) is 12.1 Å². The number of fused-ring (bicyclic) bond motifs is 1. The summed E-state index contributed by atoms with van der Waals surface area (Å²) in [5, 5.41) is 15.8. The Hall–Kier alpha value is -2.08. The number of benzene rings is 1. The summed E-state index contributed by atoms with van der Waals surface area (Å²) in [5.74, 6) is 0. The van der Waals surface area contributed by atoms with Gasteiger partial charge in [-0.2, -0.15) is 15.4 Å². The van der Waals surface area contributed by atoms with E-state index in [2.05, 4.69) is 5.10 Å². The highest BCUT2D eigenvalue weighted by Crippen LogP contribution is 1.89. The van der Waals surface area contributed by atoms with Gasteiger partial charge in [0.05, 0.1) is 5.36 Å². The Morgan fingerprint density at radius 3 is 3.00 bits per heavy atom. The monoisotopic (exact) mass is 169 g/mol. The van der Waals surface area contributed by atoms with Crippen molar-refractivity contribution in [2.24, 2.45) is 5.10 Å². The smallest absolute Gasteiger partial charge is 0.174 e. The van der Waals surface area contributed by atoms with Crippen LogP contribution in [-0.2, 0) is 0 Å². The minimum absolute atomic E-state index is 0.814. The first-order chi connectivity index (χ1) is 6.40. The summed E-state index contributed by atoms with van der Waals surface area (Å²) in [4.78, 5) is 0.